The first-order valence-electron chi connectivity index (χ1n) is 8.37. The van der Waals surface area contributed by atoms with Crippen molar-refractivity contribution < 1.29 is 9.47 Å². The zero-order valence-corrected chi connectivity index (χ0v) is 14.4. The predicted molar refractivity (Wildman–Crippen MR) is 98.2 cm³/mol. The van der Waals surface area contributed by atoms with E-state index in [1.807, 2.05) is 43.3 Å². The van der Waals surface area contributed by atoms with Gasteiger partial charge in [-0.15, -0.1) is 0 Å². The highest BCUT2D eigenvalue weighted by atomic mass is 16.7. The lowest BCUT2D eigenvalue weighted by molar-refractivity contribution is 0.174. The molecular formula is C19H19N5O2. The number of nitrogens with one attached hydrogen (secondary N) is 2. The second-order valence-corrected chi connectivity index (χ2v) is 5.94. The summed E-state index contributed by atoms with van der Waals surface area (Å²) in [6.45, 7) is 3.48. The van der Waals surface area contributed by atoms with Gasteiger partial charge in [0.2, 0.25) is 6.79 Å². The van der Waals surface area contributed by atoms with Crippen molar-refractivity contribution >= 4 is 11.6 Å². The quantitative estimate of drug-likeness (QED) is 0.707. The molecule has 1 aliphatic heterocycles. The van der Waals surface area contributed by atoms with E-state index in [1.165, 1.54) is 0 Å². The number of nitrogens with zero attached hydrogens (tertiary/aromatic N) is 3. The van der Waals surface area contributed by atoms with Crippen LogP contribution in [-0.4, -0.2) is 21.7 Å². The van der Waals surface area contributed by atoms with E-state index in [2.05, 4.69) is 25.6 Å². The van der Waals surface area contributed by atoms with Crippen molar-refractivity contribution in [1.29, 1.82) is 0 Å². The van der Waals surface area contributed by atoms with Gasteiger partial charge in [0, 0.05) is 31.5 Å². The molecule has 0 bridgehead atoms. The van der Waals surface area contributed by atoms with Crippen molar-refractivity contribution in [3.63, 3.8) is 0 Å². The lowest BCUT2D eigenvalue weighted by Crippen LogP contribution is -2.07. The van der Waals surface area contributed by atoms with Crippen LogP contribution < -0.4 is 20.1 Å². The number of pyridine rings is 1. The van der Waals surface area contributed by atoms with Gasteiger partial charge in [-0.05, 0) is 42.3 Å². The smallest absolute Gasteiger partial charge is 0.231 e. The highest BCUT2D eigenvalue weighted by Crippen LogP contribution is 2.32. The molecule has 1 aliphatic rings. The van der Waals surface area contributed by atoms with Crippen LogP contribution in [0, 0.1) is 6.92 Å². The molecule has 1 aromatic carbocycles. The van der Waals surface area contributed by atoms with E-state index < -0.39 is 0 Å². The summed E-state index contributed by atoms with van der Waals surface area (Å²) in [5.74, 6) is 3.82. The van der Waals surface area contributed by atoms with E-state index in [4.69, 9.17) is 9.47 Å². The number of aryl methyl sites for hydroxylation is 1. The van der Waals surface area contributed by atoms with Crippen LogP contribution in [0.5, 0.6) is 11.5 Å². The SMILES string of the molecule is Cc1nc(NCc2ccncc2)cc(NCc2ccc3c(c2)OCO3)n1. The molecule has 2 N–H and O–H groups in total. The van der Waals surface area contributed by atoms with E-state index in [0.29, 0.717) is 18.9 Å². The largest absolute Gasteiger partial charge is 0.454 e. The Morgan fingerprint density at radius 1 is 0.846 bits per heavy atom. The average molecular weight is 349 g/mol. The summed E-state index contributed by atoms with van der Waals surface area (Å²) in [6.07, 6.45) is 3.56. The third-order valence-electron chi connectivity index (χ3n) is 3.97. The molecule has 0 aliphatic carbocycles. The van der Waals surface area contributed by atoms with Crippen molar-refractivity contribution in [3.8, 4) is 11.5 Å². The molecule has 0 radical (unpaired) electrons. The molecule has 0 atom stereocenters. The predicted octanol–water partition coefficient (Wildman–Crippen LogP) is 3.13. The maximum absolute atomic E-state index is 5.41. The molecule has 0 saturated heterocycles. The molecule has 2 aromatic heterocycles. The minimum Gasteiger partial charge on any atom is -0.454 e. The van der Waals surface area contributed by atoms with Crippen molar-refractivity contribution in [1.82, 2.24) is 15.0 Å². The first-order chi connectivity index (χ1) is 12.8. The van der Waals surface area contributed by atoms with Gasteiger partial charge < -0.3 is 20.1 Å². The number of hydrogen-bond donors (Lipinski definition) is 2. The van der Waals surface area contributed by atoms with Crippen molar-refractivity contribution in [2.75, 3.05) is 17.4 Å². The number of rotatable bonds is 6. The second-order valence-electron chi connectivity index (χ2n) is 5.94. The molecule has 0 amide bonds. The van der Waals surface area contributed by atoms with Gasteiger partial charge in [0.05, 0.1) is 0 Å². The van der Waals surface area contributed by atoms with Gasteiger partial charge in [0.1, 0.15) is 17.5 Å². The Morgan fingerprint density at radius 3 is 2.31 bits per heavy atom. The summed E-state index contributed by atoms with van der Waals surface area (Å²) >= 11 is 0. The Hall–Kier alpha value is -3.35. The second kappa shape index (κ2) is 7.26. The first-order valence-corrected chi connectivity index (χ1v) is 8.37. The molecule has 4 rings (SSSR count). The molecular weight excluding hydrogens is 330 g/mol. The molecule has 0 fully saturated rings. The number of anilines is 2. The van der Waals surface area contributed by atoms with Gasteiger partial charge in [-0.2, -0.15) is 0 Å². The molecule has 26 heavy (non-hydrogen) atoms. The summed E-state index contributed by atoms with van der Waals surface area (Å²) in [6, 6.07) is 11.8. The highest BCUT2D eigenvalue weighted by molar-refractivity contribution is 5.49. The van der Waals surface area contributed by atoms with Gasteiger partial charge in [0.25, 0.3) is 0 Å². The fourth-order valence-electron chi connectivity index (χ4n) is 2.69. The Bertz CT molecular complexity index is 902. The number of ether oxygens (including phenoxy) is 2. The van der Waals surface area contributed by atoms with Crippen molar-refractivity contribution in [2.45, 2.75) is 20.0 Å². The maximum Gasteiger partial charge on any atom is 0.231 e. The summed E-state index contributed by atoms with van der Waals surface area (Å²) in [5.41, 5.74) is 2.24. The van der Waals surface area contributed by atoms with E-state index in [1.54, 1.807) is 12.4 Å². The third kappa shape index (κ3) is 3.83. The van der Waals surface area contributed by atoms with Crippen molar-refractivity contribution in [2.24, 2.45) is 0 Å². The monoisotopic (exact) mass is 349 g/mol. The lowest BCUT2D eigenvalue weighted by Gasteiger charge is -2.10. The van der Waals surface area contributed by atoms with E-state index in [0.717, 1.165) is 34.3 Å². The Labute approximate surface area is 151 Å². The maximum atomic E-state index is 5.41. The van der Waals surface area contributed by atoms with Gasteiger partial charge in [0.15, 0.2) is 11.5 Å². The van der Waals surface area contributed by atoms with Crippen LogP contribution in [0.4, 0.5) is 11.6 Å². The minimum absolute atomic E-state index is 0.282. The Kier molecular flexibility index (Phi) is 4.51. The van der Waals surface area contributed by atoms with Gasteiger partial charge in [-0.1, -0.05) is 6.07 Å². The molecule has 7 heteroatoms. The summed E-state index contributed by atoms with van der Waals surface area (Å²) < 4.78 is 10.7. The number of hydrogen-bond acceptors (Lipinski definition) is 7. The number of aromatic nitrogens is 3. The zero-order valence-electron chi connectivity index (χ0n) is 14.4. The number of fused-ring (bicyclic) bond motifs is 1. The van der Waals surface area contributed by atoms with Crippen LogP contribution >= 0.6 is 0 Å². The third-order valence-corrected chi connectivity index (χ3v) is 3.97. The molecule has 0 saturated carbocycles. The van der Waals surface area contributed by atoms with Crippen LogP contribution in [0.3, 0.4) is 0 Å². The van der Waals surface area contributed by atoms with Gasteiger partial charge in [-0.3, -0.25) is 4.98 Å². The highest BCUT2D eigenvalue weighted by Gasteiger charge is 2.13. The average Bonchev–Trinajstić information content (AvgIpc) is 3.13. The van der Waals surface area contributed by atoms with Crippen LogP contribution in [0.2, 0.25) is 0 Å². The fourth-order valence-corrected chi connectivity index (χ4v) is 2.69. The van der Waals surface area contributed by atoms with Gasteiger partial charge >= 0.3 is 0 Å². The topological polar surface area (TPSA) is 81.2 Å². The Morgan fingerprint density at radius 2 is 1.54 bits per heavy atom. The molecule has 0 spiro atoms. The van der Waals surface area contributed by atoms with E-state index >= 15 is 0 Å². The fraction of sp³-hybridized carbons (Fsp3) is 0.211. The summed E-state index contributed by atoms with van der Waals surface area (Å²) in [5, 5.41) is 6.65. The molecule has 3 aromatic rings. The molecule has 132 valence electrons. The van der Waals surface area contributed by atoms with E-state index in [9.17, 15) is 0 Å². The lowest BCUT2D eigenvalue weighted by atomic mass is 10.2. The minimum atomic E-state index is 0.282. The first kappa shape index (κ1) is 16.1. The molecule has 0 unspecified atom stereocenters. The standard InChI is InChI=1S/C19H19N5O2/c1-13-23-18(21-10-14-4-6-20-7-5-14)9-19(24-13)22-11-15-2-3-16-17(8-15)26-12-25-16/h2-9H,10-12H2,1H3,(H2,21,22,23,24). The van der Waals surface area contributed by atoms with Crippen LogP contribution in [0.1, 0.15) is 17.0 Å². The van der Waals surface area contributed by atoms with Crippen LogP contribution in [-0.2, 0) is 13.1 Å². The molecule has 3 heterocycles. The number of benzene rings is 1. The summed E-state index contributed by atoms with van der Waals surface area (Å²) in [4.78, 5) is 12.9. The van der Waals surface area contributed by atoms with Gasteiger partial charge in [-0.25, -0.2) is 9.97 Å². The summed E-state index contributed by atoms with van der Waals surface area (Å²) in [7, 11) is 0. The zero-order chi connectivity index (χ0) is 17.8. The van der Waals surface area contributed by atoms with Crippen LogP contribution in [0.25, 0.3) is 0 Å². The van der Waals surface area contributed by atoms with Crippen molar-refractivity contribution in [3.05, 3.63) is 65.7 Å². The van der Waals surface area contributed by atoms with E-state index in [-0.39, 0.29) is 6.79 Å². The van der Waals surface area contributed by atoms with Crippen LogP contribution in [0.15, 0.2) is 48.8 Å². The molecule has 7 nitrogen and oxygen atoms in total. The Balaban J connectivity index is 1.41. The normalized spacial score (nSPS) is 12.0.